The lowest BCUT2D eigenvalue weighted by Crippen LogP contribution is -2.24. The zero-order valence-electron chi connectivity index (χ0n) is 11.6. The highest BCUT2D eigenvalue weighted by atomic mass is 79.9. The molecule has 0 fully saturated rings. The molecule has 9 heteroatoms. The first-order chi connectivity index (χ1) is 11.1. The molecule has 116 valence electrons. The predicted octanol–water partition coefficient (Wildman–Crippen LogP) is 2.51. The molecule has 1 amide bonds. The molecule has 0 saturated carbocycles. The number of halogens is 2. The number of pyridine rings is 1. The summed E-state index contributed by atoms with van der Waals surface area (Å²) in [7, 11) is 0. The number of tetrazole rings is 1. The molecule has 3 aromatic rings. The quantitative estimate of drug-likeness (QED) is 0.677. The largest absolute Gasteiger partial charge is 0.345 e. The molecule has 0 bridgehead atoms. The highest BCUT2D eigenvalue weighted by Crippen LogP contribution is 2.14. The van der Waals surface area contributed by atoms with E-state index in [0.717, 1.165) is 14.6 Å². The number of hydrogen-bond acceptors (Lipinski definition) is 5. The third-order valence-corrected chi connectivity index (χ3v) is 3.94. The van der Waals surface area contributed by atoms with Crippen LogP contribution in [-0.4, -0.2) is 31.1 Å². The molecule has 0 atom stereocenters. The monoisotopic (exact) mass is 436 g/mol. The maximum Gasteiger partial charge on any atom is 0.253 e. The van der Waals surface area contributed by atoms with Crippen LogP contribution in [-0.2, 0) is 6.54 Å². The predicted molar refractivity (Wildman–Crippen MR) is 90.0 cm³/mol. The first-order valence-corrected chi connectivity index (χ1v) is 8.14. The van der Waals surface area contributed by atoms with Crippen LogP contribution in [0.25, 0.3) is 5.69 Å². The van der Waals surface area contributed by atoms with E-state index < -0.39 is 0 Å². The third kappa shape index (κ3) is 3.80. The smallest absolute Gasteiger partial charge is 0.253 e. The summed E-state index contributed by atoms with van der Waals surface area (Å²) in [5.41, 5.74) is 1.27. The Balaban J connectivity index is 1.73. The van der Waals surface area contributed by atoms with E-state index in [1.165, 1.54) is 6.20 Å². The first kappa shape index (κ1) is 15.8. The van der Waals surface area contributed by atoms with E-state index in [1.807, 2.05) is 24.3 Å². The van der Waals surface area contributed by atoms with Crippen molar-refractivity contribution in [2.75, 3.05) is 0 Å². The number of benzene rings is 1. The Morgan fingerprint density at radius 3 is 2.65 bits per heavy atom. The van der Waals surface area contributed by atoms with Gasteiger partial charge in [-0.3, -0.25) is 9.78 Å². The molecule has 0 aliphatic heterocycles. The number of nitrogens with one attached hydrogen (secondary N) is 1. The summed E-state index contributed by atoms with van der Waals surface area (Å²) in [4.78, 5) is 16.1. The summed E-state index contributed by atoms with van der Waals surface area (Å²) >= 11 is 6.67. The number of nitrogens with zero attached hydrogens (tertiary/aromatic N) is 5. The van der Waals surface area contributed by atoms with Crippen LogP contribution in [0.5, 0.6) is 0 Å². The zero-order chi connectivity index (χ0) is 16.2. The zero-order valence-corrected chi connectivity index (χ0v) is 14.8. The van der Waals surface area contributed by atoms with Gasteiger partial charge in [0, 0.05) is 21.3 Å². The van der Waals surface area contributed by atoms with Crippen LogP contribution in [0.2, 0.25) is 0 Å². The Morgan fingerprint density at radius 1 is 1.13 bits per heavy atom. The van der Waals surface area contributed by atoms with E-state index in [0.29, 0.717) is 11.4 Å². The standard InChI is InChI=1S/C14H10Br2N6O/c15-10-1-3-12(4-2-10)22-13(19-20-21-22)8-18-14(23)9-5-11(16)7-17-6-9/h1-7H,8H2,(H,18,23). The molecule has 3 rings (SSSR count). The first-order valence-electron chi connectivity index (χ1n) is 6.55. The molecule has 0 spiro atoms. The van der Waals surface area contributed by atoms with Gasteiger partial charge in [0.25, 0.3) is 5.91 Å². The summed E-state index contributed by atoms with van der Waals surface area (Å²) in [6, 6.07) is 9.24. The number of amides is 1. The van der Waals surface area contributed by atoms with Gasteiger partial charge < -0.3 is 5.32 Å². The molecule has 2 aromatic heterocycles. The van der Waals surface area contributed by atoms with E-state index in [1.54, 1.807) is 16.9 Å². The van der Waals surface area contributed by atoms with Gasteiger partial charge in [0.1, 0.15) is 0 Å². The van der Waals surface area contributed by atoms with Gasteiger partial charge in [0.2, 0.25) is 0 Å². The van der Waals surface area contributed by atoms with Crippen LogP contribution in [0.1, 0.15) is 16.2 Å². The molecule has 2 heterocycles. The van der Waals surface area contributed by atoms with Crippen molar-refractivity contribution < 1.29 is 4.79 Å². The Morgan fingerprint density at radius 2 is 1.91 bits per heavy atom. The minimum absolute atomic E-state index is 0.203. The van der Waals surface area contributed by atoms with Crippen LogP contribution in [0.15, 0.2) is 51.7 Å². The van der Waals surface area contributed by atoms with Crippen LogP contribution in [0.3, 0.4) is 0 Å². The van der Waals surface area contributed by atoms with Gasteiger partial charge in [0.15, 0.2) is 5.82 Å². The summed E-state index contributed by atoms with van der Waals surface area (Å²) in [5.74, 6) is 0.285. The fraction of sp³-hybridized carbons (Fsp3) is 0.0714. The SMILES string of the molecule is O=C(NCc1nnnn1-c1ccc(Br)cc1)c1cncc(Br)c1. The van der Waals surface area contributed by atoms with Gasteiger partial charge in [-0.2, -0.15) is 4.68 Å². The van der Waals surface area contributed by atoms with Gasteiger partial charge >= 0.3 is 0 Å². The fourth-order valence-electron chi connectivity index (χ4n) is 1.90. The maximum absolute atomic E-state index is 12.1. The van der Waals surface area contributed by atoms with Crippen LogP contribution < -0.4 is 5.32 Å². The van der Waals surface area contributed by atoms with Crippen molar-refractivity contribution >= 4 is 37.8 Å². The Kier molecular flexibility index (Phi) is 4.77. The second kappa shape index (κ2) is 6.97. The number of aromatic nitrogens is 5. The van der Waals surface area contributed by atoms with Crippen molar-refractivity contribution in [2.45, 2.75) is 6.54 Å². The second-order valence-electron chi connectivity index (χ2n) is 4.56. The number of rotatable bonds is 4. The summed E-state index contributed by atoms with van der Waals surface area (Å²) in [6.07, 6.45) is 3.11. The lowest BCUT2D eigenvalue weighted by Gasteiger charge is -2.06. The third-order valence-electron chi connectivity index (χ3n) is 2.98. The van der Waals surface area contributed by atoms with E-state index in [9.17, 15) is 4.79 Å². The van der Waals surface area contributed by atoms with Gasteiger partial charge in [-0.15, -0.1) is 5.10 Å². The van der Waals surface area contributed by atoms with Crippen molar-refractivity contribution in [3.63, 3.8) is 0 Å². The van der Waals surface area contributed by atoms with E-state index >= 15 is 0 Å². The van der Waals surface area contributed by atoms with Gasteiger partial charge in [-0.1, -0.05) is 15.9 Å². The van der Waals surface area contributed by atoms with Gasteiger partial charge in [0.05, 0.1) is 17.8 Å². The average Bonchev–Trinajstić information content (AvgIpc) is 3.02. The van der Waals surface area contributed by atoms with Crippen molar-refractivity contribution in [3.05, 3.63) is 63.1 Å². The summed E-state index contributed by atoms with van der Waals surface area (Å²) < 4.78 is 3.28. The normalized spacial score (nSPS) is 10.5. The molecule has 0 aliphatic rings. The Bertz CT molecular complexity index is 833. The van der Waals surface area contributed by atoms with Crippen LogP contribution in [0, 0.1) is 0 Å². The van der Waals surface area contributed by atoms with Crippen molar-refractivity contribution in [2.24, 2.45) is 0 Å². The Hall–Kier alpha value is -2.13. The lowest BCUT2D eigenvalue weighted by molar-refractivity contribution is 0.0949. The molecule has 7 nitrogen and oxygen atoms in total. The molecular weight excluding hydrogens is 428 g/mol. The Labute approximate surface area is 148 Å². The molecule has 1 N–H and O–H groups in total. The van der Waals surface area contributed by atoms with Crippen LogP contribution in [0.4, 0.5) is 0 Å². The molecule has 1 aromatic carbocycles. The molecule has 0 unspecified atom stereocenters. The highest BCUT2D eigenvalue weighted by Gasteiger charge is 2.11. The van der Waals surface area contributed by atoms with E-state index in [2.05, 4.69) is 57.7 Å². The lowest BCUT2D eigenvalue weighted by atomic mass is 10.2. The van der Waals surface area contributed by atoms with Gasteiger partial charge in [-0.05, 0) is 56.7 Å². The van der Waals surface area contributed by atoms with Crippen LogP contribution >= 0.6 is 31.9 Å². The van der Waals surface area contributed by atoms with Crippen molar-refractivity contribution in [1.29, 1.82) is 0 Å². The summed E-state index contributed by atoms with van der Waals surface area (Å²) in [6.45, 7) is 0.203. The number of carbonyl (C=O) groups excluding carboxylic acids is 1. The highest BCUT2D eigenvalue weighted by molar-refractivity contribution is 9.10. The molecular formula is C14H10Br2N6O. The molecule has 23 heavy (non-hydrogen) atoms. The van der Waals surface area contributed by atoms with Crippen molar-refractivity contribution in [3.8, 4) is 5.69 Å². The fourth-order valence-corrected chi connectivity index (χ4v) is 2.53. The van der Waals surface area contributed by atoms with Crippen molar-refractivity contribution in [1.82, 2.24) is 30.5 Å². The molecule has 0 saturated heterocycles. The minimum Gasteiger partial charge on any atom is -0.345 e. The molecule has 0 radical (unpaired) electrons. The summed E-state index contributed by atoms with van der Waals surface area (Å²) in [5, 5.41) is 14.3. The maximum atomic E-state index is 12.1. The average molecular weight is 438 g/mol. The van der Waals surface area contributed by atoms with E-state index in [-0.39, 0.29) is 12.5 Å². The number of carbonyl (C=O) groups is 1. The topological polar surface area (TPSA) is 85.6 Å². The van der Waals surface area contributed by atoms with Gasteiger partial charge in [-0.25, -0.2) is 0 Å². The molecule has 0 aliphatic carbocycles. The second-order valence-corrected chi connectivity index (χ2v) is 6.39. The van der Waals surface area contributed by atoms with E-state index in [4.69, 9.17) is 0 Å². The number of hydrogen-bond donors (Lipinski definition) is 1. The minimum atomic E-state index is -0.246.